The van der Waals surface area contributed by atoms with Gasteiger partial charge < -0.3 is 13.7 Å². The van der Waals surface area contributed by atoms with Crippen LogP contribution in [0, 0.1) is 0 Å². The second kappa shape index (κ2) is 7.60. The van der Waals surface area contributed by atoms with Crippen LogP contribution in [0.2, 0.25) is 0 Å². The molecule has 0 spiro atoms. The number of furan rings is 1. The van der Waals surface area contributed by atoms with Gasteiger partial charge in [0.05, 0.1) is 24.4 Å². The highest BCUT2D eigenvalue weighted by Gasteiger charge is 2.24. The average Bonchev–Trinajstić information content (AvgIpc) is 3.34. The van der Waals surface area contributed by atoms with Crippen molar-refractivity contribution in [3.8, 4) is 0 Å². The fraction of sp³-hybridized carbons (Fsp3) is 0.182. The number of hydrogen-bond donors (Lipinski definition) is 0. The van der Waals surface area contributed by atoms with Gasteiger partial charge >= 0.3 is 5.76 Å². The number of aromatic nitrogens is 1. The summed E-state index contributed by atoms with van der Waals surface area (Å²) in [5, 5.41) is 0. The van der Waals surface area contributed by atoms with E-state index in [1.165, 1.54) is 4.57 Å². The van der Waals surface area contributed by atoms with Gasteiger partial charge in [0.2, 0.25) is 5.91 Å². The minimum absolute atomic E-state index is 0.103. The lowest BCUT2D eigenvalue weighted by Gasteiger charge is -2.29. The van der Waals surface area contributed by atoms with Gasteiger partial charge in [-0.3, -0.25) is 9.36 Å². The fourth-order valence-electron chi connectivity index (χ4n) is 3.31. The number of carbonyl (C=O) groups excluding carboxylic acids is 1. The molecular weight excluding hydrogens is 356 g/mol. The monoisotopic (exact) mass is 376 g/mol. The lowest BCUT2D eigenvalue weighted by Crippen LogP contribution is -2.37. The second-order valence-corrected chi connectivity index (χ2v) is 6.61. The molecule has 142 valence electrons. The molecular formula is C22H20N2O4. The summed E-state index contributed by atoms with van der Waals surface area (Å²) in [5.41, 5.74) is 2.08. The van der Waals surface area contributed by atoms with Gasteiger partial charge in [-0.05, 0) is 36.8 Å². The van der Waals surface area contributed by atoms with Gasteiger partial charge in [-0.15, -0.1) is 0 Å². The van der Waals surface area contributed by atoms with Gasteiger partial charge in [0, 0.05) is 0 Å². The van der Waals surface area contributed by atoms with E-state index in [4.69, 9.17) is 8.83 Å². The summed E-state index contributed by atoms with van der Waals surface area (Å²) in [6.45, 7) is 2.17. The number of para-hydroxylation sites is 2. The standard InChI is InChI=1S/C22H20N2O4/c1-16(17-8-3-2-4-9-17)23(14-18-10-7-13-27-18)21(25)15-24-19-11-5-6-12-20(19)28-22(24)26/h2-13,16H,14-15H2,1H3. The number of benzene rings is 2. The Labute approximate surface area is 161 Å². The molecule has 0 saturated carbocycles. The molecule has 0 aliphatic rings. The molecule has 0 bridgehead atoms. The molecule has 2 heterocycles. The summed E-state index contributed by atoms with van der Waals surface area (Å²) in [4.78, 5) is 27.2. The lowest BCUT2D eigenvalue weighted by molar-refractivity contribution is -0.135. The number of fused-ring (bicyclic) bond motifs is 1. The van der Waals surface area contributed by atoms with Gasteiger partial charge in [0.1, 0.15) is 12.3 Å². The number of hydrogen-bond acceptors (Lipinski definition) is 4. The Morgan fingerprint density at radius 3 is 2.54 bits per heavy atom. The van der Waals surface area contributed by atoms with Crippen molar-refractivity contribution in [2.75, 3.05) is 0 Å². The van der Waals surface area contributed by atoms with Gasteiger partial charge in [0.15, 0.2) is 5.58 Å². The Kier molecular flexibility index (Phi) is 4.85. The summed E-state index contributed by atoms with van der Waals surface area (Å²) in [6.07, 6.45) is 1.58. The highest BCUT2D eigenvalue weighted by molar-refractivity contribution is 5.80. The molecule has 28 heavy (non-hydrogen) atoms. The predicted octanol–water partition coefficient (Wildman–Crippen LogP) is 3.98. The number of rotatable bonds is 6. The Balaban J connectivity index is 1.66. The van der Waals surface area contributed by atoms with Crippen molar-refractivity contribution in [2.45, 2.75) is 26.1 Å². The van der Waals surface area contributed by atoms with E-state index in [0.717, 1.165) is 5.56 Å². The van der Waals surface area contributed by atoms with Crippen LogP contribution in [0.5, 0.6) is 0 Å². The van der Waals surface area contributed by atoms with Crippen LogP contribution in [0.3, 0.4) is 0 Å². The van der Waals surface area contributed by atoms with E-state index in [1.54, 1.807) is 35.4 Å². The molecule has 0 aliphatic carbocycles. The first-order chi connectivity index (χ1) is 13.6. The minimum atomic E-state index is -0.542. The normalized spacial score (nSPS) is 12.2. The van der Waals surface area contributed by atoms with Crippen molar-refractivity contribution >= 4 is 17.0 Å². The third kappa shape index (κ3) is 3.49. The number of amides is 1. The van der Waals surface area contributed by atoms with Crippen molar-refractivity contribution in [2.24, 2.45) is 0 Å². The molecule has 1 atom stereocenters. The topological polar surface area (TPSA) is 68.6 Å². The minimum Gasteiger partial charge on any atom is -0.467 e. The smallest absolute Gasteiger partial charge is 0.420 e. The Morgan fingerprint density at radius 2 is 1.79 bits per heavy atom. The average molecular weight is 376 g/mol. The SMILES string of the molecule is CC(c1ccccc1)N(Cc1ccco1)C(=O)Cn1c(=O)oc2ccccc21. The largest absolute Gasteiger partial charge is 0.467 e. The maximum Gasteiger partial charge on any atom is 0.420 e. The van der Waals surface area contributed by atoms with Crippen LogP contribution >= 0.6 is 0 Å². The highest BCUT2D eigenvalue weighted by Crippen LogP contribution is 2.23. The molecule has 4 aromatic rings. The van der Waals surface area contributed by atoms with E-state index in [9.17, 15) is 9.59 Å². The third-order valence-electron chi connectivity index (χ3n) is 4.84. The van der Waals surface area contributed by atoms with Crippen LogP contribution in [-0.2, 0) is 17.9 Å². The molecule has 1 amide bonds. The van der Waals surface area contributed by atoms with Gasteiger partial charge in [0.25, 0.3) is 0 Å². The summed E-state index contributed by atoms with van der Waals surface area (Å²) in [5.74, 6) is -0.0539. The zero-order chi connectivity index (χ0) is 19.5. The van der Waals surface area contributed by atoms with Gasteiger partial charge in [-0.2, -0.15) is 0 Å². The molecule has 0 saturated heterocycles. The Morgan fingerprint density at radius 1 is 1.04 bits per heavy atom. The van der Waals surface area contributed by atoms with E-state index < -0.39 is 5.76 Å². The third-order valence-corrected chi connectivity index (χ3v) is 4.84. The van der Waals surface area contributed by atoms with Crippen molar-refractivity contribution < 1.29 is 13.6 Å². The van der Waals surface area contributed by atoms with E-state index in [0.29, 0.717) is 23.4 Å². The number of oxazole rings is 1. The van der Waals surface area contributed by atoms with Crippen LogP contribution < -0.4 is 5.76 Å². The molecule has 0 aliphatic heterocycles. The molecule has 2 aromatic carbocycles. The van der Waals surface area contributed by atoms with E-state index in [1.807, 2.05) is 49.4 Å². The summed E-state index contributed by atoms with van der Waals surface area (Å²) < 4.78 is 12.1. The number of nitrogens with zero attached hydrogens (tertiary/aromatic N) is 2. The zero-order valence-corrected chi connectivity index (χ0v) is 15.4. The maximum atomic E-state index is 13.2. The molecule has 4 rings (SSSR count). The summed E-state index contributed by atoms with van der Waals surface area (Å²) >= 11 is 0. The number of carbonyl (C=O) groups is 1. The van der Waals surface area contributed by atoms with Gasteiger partial charge in [-0.1, -0.05) is 42.5 Å². The molecule has 6 nitrogen and oxygen atoms in total. The van der Waals surface area contributed by atoms with Crippen LogP contribution in [0.25, 0.3) is 11.1 Å². The summed E-state index contributed by atoms with van der Waals surface area (Å²) in [7, 11) is 0. The van der Waals surface area contributed by atoms with E-state index in [-0.39, 0.29) is 18.5 Å². The van der Waals surface area contributed by atoms with Crippen molar-refractivity contribution in [3.63, 3.8) is 0 Å². The van der Waals surface area contributed by atoms with Crippen LogP contribution in [-0.4, -0.2) is 15.4 Å². The van der Waals surface area contributed by atoms with Crippen LogP contribution in [0.15, 0.2) is 86.6 Å². The predicted molar refractivity (Wildman–Crippen MR) is 105 cm³/mol. The molecule has 0 fully saturated rings. The van der Waals surface area contributed by atoms with Crippen LogP contribution in [0.4, 0.5) is 0 Å². The Hall–Kier alpha value is -3.54. The first kappa shape index (κ1) is 17.9. The molecule has 2 aromatic heterocycles. The second-order valence-electron chi connectivity index (χ2n) is 6.61. The van der Waals surface area contributed by atoms with Crippen molar-refractivity contribution in [1.29, 1.82) is 0 Å². The van der Waals surface area contributed by atoms with Crippen molar-refractivity contribution in [1.82, 2.24) is 9.47 Å². The molecule has 0 N–H and O–H groups in total. The maximum absolute atomic E-state index is 13.2. The quantitative estimate of drug-likeness (QED) is 0.510. The first-order valence-electron chi connectivity index (χ1n) is 9.08. The van der Waals surface area contributed by atoms with Gasteiger partial charge in [-0.25, -0.2) is 4.79 Å². The zero-order valence-electron chi connectivity index (χ0n) is 15.4. The first-order valence-corrected chi connectivity index (χ1v) is 9.08. The fourth-order valence-corrected chi connectivity index (χ4v) is 3.31. The highest BCUT2D eigenvalue weighted by atomic mass is 16.4. The van der Waals surface area contributed by atoms with Crippen LogP contribution in [0.1, 0.15) is 24.3 Å². The van der Waals surface area contributed by atoms with E-state index >= 15 is 0 Å². The molecule has 0 radical (unpaired) electrons. The summed E-state index contributed by atoms with van der Waals surface area (Å²) in [6, 6.07) is 20.3. The Bertz CT molecular complexity index is 1130. The lowest BCUT2D eigenvalue weighted by atomic mass is 10.1. The molecule has 6 heteroatoms. The van der Waals surface area contributed by atoms with E-state index in [2.05, 4.69) is 0 Å². The van der Waals surface area contributed by atoms with Crippen molar-refractivity contribution in [3.05, 3.63) is 94.9 Å². The molecule has 1 unspecified atom stereocenters.